The van der Waals surface area contributed by atoms with E-state index in [9.17, 15) is 9.59 Å². The van der Waals surface area contributed by atoms with Crippen LogP contribution < -0.4 is 15.9 Å². The Balaban J connectivity index is 1.40. The SMILES string of the molecule is CCCn1c(=O)n(CCC(=O)Nc2ccc(N3CCOCC3)cc2)c2ccccc21. The van der Waals surface area contributed by atoms with Crippen molar-refractivity contribution >= 4 is 28.3 Å². The maximum absolute atomic E-state index is 12.8. The number of imidazole rings is 1. The molecular formula is C23H28N4O3. The number of aryl methyl sites for hydroxylation is 2. The fourth-order valence-electron chi connectivity index (χ4n) is 3.94. The molecule has 1 aromatic heterocycles. The molecule has 1 amide bonds. The Morgan fingerprint density at radius 2 is 1.60 bits per heavy atom. The third-order valence-electron chi connectivity index (χ3n) is 5.46. The van der Waals surface area contributed by atoms with Crippen molar-refractivity contribution in [2.24, 2.45) is 0 Å². The standard InChI is InChI=1S/C23H28N4O3/c1-2-12-26-20-5-3-4-6-21(20)27(23(26)29)13-11-22(28)24-18-7-9-19(10-8-18)25-14-16-30-17-15-25/h3-10H,2,11-17H2,1H3,(H,24,28). The minimum absolute atomic E-state index is 0.0549. The first-order chi connectivity index (χ1) is 14.7. The van der Waals surface area contributed by atoms with Crippen molar-refractivity contribution in [1.29, 1.82) is 0 Å². The Morgan fingerprint density at radius 1 is 0.967 bits per heavy atom. The van der Waals surface area contributed by atoms with Crippen LogP contribution >= 0.6 is 0 Å². The van der Waals surface area contributed by atoms with Crippen molar-refractivity contribution < 1.29 is 9.53 Å². The first-order valence-electron chi connectivity index (χ1n) is 10.6. The van der Waals surface area contributed by atoms with Gasteiger partial charge in [-0.25, -0.2) is 4.79 Å². The Labute approximate surface area is 175 Å². The minimum Gasteiger partial charge on any atom is -0.378 e. The van der Waals surface area contributed by atoms with Gasteiger partial charge in [0.25, 0.3) is 0 Å². The average molecular weight is 409 g/mol. The summed E-state index contributed by atoms with van der Waals surface area (Å²) in [5.74, 6) is -0.103. The van der Waals surface area contributed by atoms with Crippen molar-refractivity contribution in [1.82, 2.24) is 9.13 Å². The van der Waals surface area contributed by atoms with E-state index in [1.54, 1.807) is 9.13 Å². The van der Waals surface area contributed by atoms with Crippen LogP contribution in [0, 0.1) is 0 Å². The van der Waals surface area contributed by atoms with Crippen molar-refractivity contribution in [3.8, 4) is 0 Å². The number of carbonyl (C=O) groups is 1. The summed E-state index contributed by atoms with van der Waals surface area (Å²) in [7, 11) is 0. The monoisotopic (exact) mass is 408 g/mol. The van der Waals surface area contributed by atoms with Gasteiger partial charge >= 0.3 is 5.69 Å². The number of rotatable bonds is 7. The highest BCUT2D eigenvalue weighted by Gasteiger charge is 2.14. The van der Waals surface area contributed by atoms with Gasteiger partial charge in [-0.3, -0.25) is 13.9 Å². The predicted molar refractivity (Wildman–Crippen MR) is 119 cm³/mol. The maximum Gasteiger partial charge on any atom is 0.329 e. The van der Waals surface area contributed by atoms with E-state index in [4.69, 9.17) is 4.74 Å². The first-order valence-corrected chi connectivity index (χ1v) is 10.6. The highest BCUT2D eigenvalue weighted by Crippen LogP contribution is 2.19. The number of morpholine rings is 1. The first kappa shape index (κ1) is 20.2. The Kier molecular flexibility index (Phi) is 6.18. The molecule has 4 rings (SSSR count). The number of hydrogen-bond acceptors (Lipinski definition) is 4. The number of amides is 1. The number of fused-ring (bicyclic) bond motifs is 1. The topological polar surface area (TPSA) is 68.5 Å². The van der Waals surface area contributed by atoms with Gasteiger partial charge in [0, 0.05) is 44.0 Å². The van der Waals surface area contributed by atoms with Gasteiger partial charge in [0.1, 0.15) is 0 Å². The van der Waals surface area contributed by atoms with Gasteiger partial charge in [-0.1, -0.05) is 19.1 Å². The van der Waals surface area contributed by atoms with Gasteiger partial charge in [-0.15, -0.1) is 0 Å². The number of ether oxygens (including phenoxy) is 1. The molecule has 3 aromatic rings. The fourth-order valence-corrected chi connectivity index (χ4v) is 3.94. The Bertz CT molecular complexity index is 1060. The lowest BCUT2D eigenvalue weighted by Crippen LogP contribution is -2.36. The van der Waals surface area contributed by atoms with Crippen LogP contribution in [0.15, 0.2) is 53.3 Å². The van der Waals surface area contributed by atoms with Crippen molar-refractivity contribution in [2.45, 2.75) is 32.9 Å². The normalized spacial score (nSPS) is 14.2. The van der Waals surface area contributed by atoms with Crippen LogP contribution in [0.5, 0.6) is 0 Å². The summed E-state index contributed by atoms with van der Waals surface area (Å²) in [5, 5.41) is 2.94. The molecule has 1 N–H and O–H groups in total. The van der Waals surface area contributed by atoms with Crippen molar-refractivity contribution in [2.75, 3.05) is 36.5 Å². The Hall–Kier alpha value is -3.06. The molecule has 0 atom stereocenters. The van der Waals surface area contributed by atoms with E-state index >= 15 is 0 Å². The van der Waals surface area contributed by atoms with E-state index in [1.165, 1.54) is 0 Å². The predicted octanol–water partition coefficient (Wildman–Crippen LogP) is 3.08. The van der Waals surface area contributed by atoms with Crippen molar-refractivity contribution in [3.63, 3.8) is 0 Å². The third-order valence-corrected chi connectivity index (χ3v) is 5.46. The highest BCUT2D eigenvalue weighted by molar-refractivity contribution is 5.91. The molecule has 0 spiro atoms. The summed E-state index contributed by atoms with van der Waals surface area (Å²) in [5.41, 5.74) is 3.63. The second kappa shape index (κ2) is 9.17. The summed E-state index contributed by atoms with van der Waals surface area (Å²) < 4.78 is 8.88. The smallest absolute Gasteiger partial charge is 0.329 e. The van der Waals surface area contributed by atoms with E-state index in [0.717, 1.165) is 55.1 Å². The molecule has 0 bridgehead atoms. The number of benzene rings is 2. The zero-order valence-corrected chi connectivity index (χ0v) is 17.3. The summed E-state index contributed by atoms with van der Waals surface area (Å²) >= 11 is 0. The lowest BCUT2D eigenvalue weighted by Gasteiger charge is -2.28. The molecule has 0 unspecified atom stereocenters. The number of nitrogens with zero attached hydrogens (tertiary/aromatic N) is 3. The molecule has 7 heteroatoms. The van der Waals surface area contributed by atoms with Crippen LogP contribution in [-0.4, -0.2) is 41.3 Å². The van der Waals surface area contributed by atoms with Gasteiger partial charge in [-0.2, -0.15) is 0 Å². The molecule has 2 aromatic carbocycles. The molecule has 7 nitrogen and oxygen atoms in total. The van der Waals surface area contributed by atoms with E-state index in [2.05, 4.69) is 17.1 Å². The van der Waals surface area contributed by atoms with E-state index in [-0.39, 0.29) is 18.0 Å². The summed E-state index contributed by atoms with van der Waals surface area (Å²) in [6, 6.07) is 15.6. The molecule has 1 fully saturated rings. The lowest BCUT2D eigenvalue weighted by molar-refractivity contribution is -0.116. The lowest BCUT2D eigenvalue weighted by atomic mass is 10.2. The second-order valence-corrected chi connectivity index (χ2v) is 7.52. The highest BCUT2D eigenvalue weighted by atomic mass is 16.5. The summed E-state index contributed by atoms with van der Waals surface area (Å²) in [4.78, 5) is 27.6. The molecule has 158 valence electrons. The quantitative estimate of drug-likeness (QED) is 0.652. The summed E-state index contributed by atoms with van der Waals surface area (Å²) in [6.07, 6.45) is 1.13. The van der Waals surface area contributed by atoms with E-state index in [1.807, 2.05) is 48.5 Å². The second-order valence-electron chi connectivity index (χ2n) is 7.52. The van der Waals surface area contributed by atoms with Crippen LogP contribution in [-0.2, 0) is 22.6 Å². The summed E-state index contributed by atoms with van der Waals surface area (Å²) in [6.45, 7) is 6.33. The van der Waals surface area contributed by atoms with E-state index < -0.39 is 0 Å². The molecule has 1 aliphatic heterocycles. The number of nitrogens with one attached hydrogen (secondary N) is 1. The van der Waals surface area contributed by atoms with Gasteiger partial charge in [-0.05, 0) is 42.8 Å². The zero-order valence-electron chi connectivity index (χ0n) is 17.3. The van der Waals surface area contributed by atoms with Crippen molar-refractivity contribution in [3.05, 3.63) is 59.0 Å². The molecule has 2 heterocycles. The number of para-hydroxylation sites is 2. The molecule has 0 radical (unpaired) electrons. The van der Waals surface area contributed by atoms with Crippen LogP contribution in [0.3, 0.4) is 0 Å². The van der Waals surface area contributed by atoms with Crippen LogP contribution in [0.25, 0.3) is 11.0 Å². The van der Waals surface area contributed by atoms with Gasteiger partial charge in [0.2, 0.25) is 5.91 Å². The number of aromatic nitrogens is 2. The van der Waals surface area contributed by atoms with Gasteiger partial charge in [0.05, 0.1) is 24.2 Å². The fraction of sp³-hybridized carbons (Fsp3) is 0.391. The van der Waals surface area contributed by atoms with Gasteiger partial charge in [0.15, 0.2) is 0 Å². The number of hydrogen-bond donors (Lipinski definition) is 1. The Morgan fingerprint density at radius 3 is 2.23 bits per heavy atom. The molecular weight excluding hydrogens is 380 g/mol. The van der Waals surface area contributed by atoms with Crippen LogP contribution in [0.1, 0.15) is 19.8 Å². The molecule has 1 saturated heterocycles. The number of anilines is 2. The largest absolute Gasteiger partial charge is 0.378 e. The van der Waals surface area contributed by atoms with Gasteiger partial charge < -0.3 is 15.0 Å². The number of carbonyl (C=O) groups excluding carboxylic acids is 1. The van der Waals surface area contributed by atoms with E-state index in [0.29, 0.717) is 13.1 Å². The third kappa shape index (κ3) is 4.26. The van der Waals surface area contributed by atoms with Crippen LogP contribution in [0.2, 0.25) is 0 Å². The molecule has 30 heavy (non-hydrogen) atoms. The van der Waals surface area contributed by atoms with Crippen LogP contribution in [0.4, 0.5) is 11.4 Å². The minimum atomic E-state index is -0.103. The molecule has 0 saturated carbocycles. The maximum atomic E-state index is 12.8. The zero-order chi connectivity index (χ0) is 20.9. The average Bonchev–Trinajstić information content (AvgIpc) is 3.05. The molecule has 0 aliphatic carbocycles. The molecule has 1 aliphatic rings.